The smallest absolute Gasteiger partial charge is 0.407 e. The van der Waals surface area contributed by atoms with E-state index in [1.165, 1.54) is 5.39 Å². The third-order valence-electron chi connectivity index (χ3n) is 5.74. The first kappa shape index (κ1) is 15.9. The number of H-pyrrole nitrogens is 1. The van der Waals surface area contributed by atoms with Crippen LogP contribution >= 0.6 is 15.9 Å². The van der Waals surface area contributed by atoms with Crippen LogP contribution in [0.2, 0.25) is 0 Å². The van der Waals surface area contributed by atoms with Gasteiger partial charge in [-0.3, -0.25) is 4.90 Å². The summed E-state index contributed by atoms with van der Waals surface area (Å²) in [7, 11) is 0. The maximum absolute atomic E-state index is 11.6. The summed E-state index contributed by atoms with van der Waals surface area (Å²) in [6, 6.07) is 12.3. The first-order chi connectivity index (χ1) is 12.5. The lowest BCUT2D eigenvalue weighted by Gasteiger charge is -2.19. The van der Waals surface area contributed by atoms with Crippen molar-refractivity contribution in [3.63, 3.8) is 0 Å². The number of hydrogen-bond donors (Lipinski definition) is 2. The van der Waals surface area contributed by atoms with Gasteiger partial charge in [0.15, 0.2) is 0 Å². The van der Waals surface area contributed by atoms with Gasteiger partial charge in [0.25, 0.3) is 0 Å². The molecule has 2 aliphatic rings. The van der Waals surface area contributed by atoms with Gasteiger partial charge in [0, 0.05) is 16.6 Å². The lowest BCUT2D eigenvalue weighted by atomic mass is 10.0. The van der Waals surface area contributed by atoms with Crippen LogP contribution in [0.25, 0.3) is 22.0 Å². The number of likely N-dealkylation sites (tertiary alicyclic amines) is 1. The molecule has 3 aromatic rings. The molecule has 1 aromatic heterocycles. The number of benzene rings is 2. The molecular weight excluding hydrogens is 394 g/mol. The molecule has 1 atom stereocenters. The van der Waals surface area contributed by atoms with Crippen molar-refractivity contribution in [2.24, 2.45) is 5.41 Å². The molecule has 26 heavy (non-hydrogen) atoms. The second-order valence-corrected chi connectivity index (χ2v) is 8.43. The fraction of sp³-hybridized carbons (Fsp3) is 0.300. The Balaban J connectivity index is 1.48. The van der Waals surface area contributed by atoms with Crippen molar-refractivity contribution in [3.8, 4) is 11.3 Å². The van der Waals surface area contributed by atoms with Gasteiger partial charge in [-0.25, -0.2) is 9.78 Å². The second-order valence-electron chi connectivity index (χ2n) is 7.52. The number of aromatic amines is 1. The van der Waals surface area contributed by atoms with Crippen molar-refractivity contribution in [2.75, 3.05) is 6.54 Å². The van der Waals surface area contributed by atoms with E-state index < -0.39 is 6.09 Å². The number of imidazole rings is 1. The normalized spacial score (nSPS) is 20.8. The summed E-state index contributed by atoms with van der Waals surface area (Å²) >= 11 is 3.50. The van der Waals surface area contributed by atoms with Crippen LogP contribution in [0, 0.1) is 5.41 Å². The van der Waals surface area contributed by atoms with Crippen LogP contribution in [0.1, 0.15) is 31.1 Å². The van der Waals surface area contributed by atoms with Gasteiger partial charge in [0.2, 0.25) is 0 Å². The summed E-state index contributed by atoms with van der Waals surface area (Å²) < 4.78 is 1.06. The summed E-state index contributed by atoms with van der Waals surface area (Å²) in [5, 5.41) is 11.9. The van der Waals surface area contributed by atoms with Crippen molar-refractivity contribution in [1.82, 2.24) is 14.9 Å². The highest BCUT2D eigenvalue weighted by molar-refractivity contribution is 9.10. The van der Waals surface area contributed by atoms with Gasteiger partial charge >= 0.3 is 6.09 Å². The summed E-state index contributed by atoms with van der Waals surface area (Å²) in [5.41, 5.74) is 2.18. The van der Waals surface area contributed by atoms with Gasteiger partial charge in [0.1, 0.15) is 5.82 Å². The Morgan fingerprint density at radius 2 is 2.00 bits per heavy atom. The van der Waals surface area contributed by atoms with E-state index in [0.717, 1.165) is 46.2 Å². The fourth-order valence-corrected chi connectivity index (χ4v) is 4.46. The van der Waals surface area contributed by atoms with Gasteiger partial charge < -0.3 is 10.1 Å². The first-order valence-electron chi connectivity index (χ1n) is 8.77. The summed E-state index contributed by atoms with van der Waals surface area (Å²) in [5.74, 6) is 0.752. The molecule has 2 aromatic carbocycles. The Morgan fingerprint density at radius 1 is 1.23 bits per heavy atom. The first-order valence-corrected chi connectivity index (χ1v) is 9.57. The predicted octanol–water partition coefficient (Wildman–Crippen LogP) is 5.20. The molecule has 1 saturated carbocycles. The van der Waals surface area contributed by atoms with E-state index in [1.807, 2.05) is 12.3 Å². The maximum Gasteiger partial charge on any atom is 0.407 e. The van der Waals surface area contributed by atoms with Gasteiger partial charge in [-0.05, 0) is 53.6 Å². The molecule has 1 aliphatic heterocycles. The molecule has 0 radical (unpaired) electrons. The number of amides is 1. The quantitative estimate of drug-likeness (QED) is 0.608. The highest BCUT2D eigenvalue weighted by Crippen LogP contribution is 2.58. The van der Waals surface area contributed by atoms with E-state index in [2.05, 4.69) is 56.2 Å². The molecule has 1 unspecified atom stereocenters. The minimum absolute atomic E-state index is 0.167. The van der Waals surface area contributed by atoms with E-state index in [0.29, 0.717) is 6.54 Å². The second kappa shape index (κ2) is 5.58. The lowest BCUT2D eigenvalue weighted by molar-refractivity contribution is 0.137. The Kier molecular flexibility index (Phi) is 3.41. The topological polar surface area (TPSA) is 69.2 Å². The molecule has 6 heteroatoms. The number of nitrogens with one attached hydrogen (secondary N) is 1. The standard InChI is InChI=1S/C20H18BrN3O2/c21-15-4-3-12-7-14(2-1-13(12)8-15)16-10-22-18(23-16)17-9-20(5-6-20)11-24(17)19(25)26/h1-4,7-8,10,17H,5-6,9,11H2,(H,22,23)(H,25,26). The third-order valence-corrected chi connectivity index (χ3v) is 6.23. The number of rotatable bonds is 2. The number of aromatic nitrogens is 2. The van der Waals surface area contributed by atoms with Crippen LogP contribution < -0.4 is 0 Å². The predicted molar refractivity (Wildman–Crippen MR) is 103 cm³/mol. The molecule has 132 valence electrons. The van der Waals surface area contributed by atoms with E-state index in [-0.39, 0.29) is 11.5 Å². The molecule has 0 bridgehead atoms. The maximum atomic E-state index is 11.6. The number of halogens is 1. The molecule has 1 amide bonds. The van der Waals surface area contributed by atoms with Crippen LogP contribution in [0.3, 0.4) is 0 Å². The largest absolute Gasteiger partial charge is 0.465 e. The van der Waals surface area contributed by atoms with Crippen molar-refractivity contribution in [2.45, 2.75) is 25.3 Å². The summed E-state index contributed by atoms with van der Waals surface area (Å²) in [6.45, 7) is 0.633. The summed E-state index contributed by atoms with van der Waals surface area (Å²) in [6.07, 6.45) is 4.08. The Hall–Kier alpha value is -2.34. The number of hydrogen-bond acceptors (Lipinski definition) is 2. The van der Waals surface area contributed by atoms with Crippen LogP contribution in [0.15, 0.2) is 47.1 Å². The molecule has 2 heterocycles. The monoisotopic (exact) mass is 411 g/mol. The zero-order valence-electron chi connectivity index (χ0n) is 14.1. The van der Waals surface area contributed by atoms with Crippen LogP contribution in [0.4, 0.5) is 4.79 Å². The Morgan fingerprint density at radius 3 is 2.77 bits per heavy atom. The van der Waals surface area contributed by atoms with E-state index in [1.54, 1.807) is 4.90 Å². The molecule has 1 spiro atoms. The molecule has 5 nitrogen and oxygen atoms in total. The van der Waals surface area contributed by atoms with E-state index >= 15 is 0 Å². The number of fused-ring (bicyclic) bond motifs is 1. The third kappa shape index (κ3) is 2.60. The Bertz CT molecular complexity index is 1020. The average molecular weight is 412 g/mol. The highest BCUT2D eigenvalue weighted by Gasteiger charge is 2.54. The number of nitrogens with zero attached hydrogens (tertiary/aromatic N) is 2. The van der Waals surface area contributed by atoms with Gasteiger partial charge in [-0.1, -0.05) is 34.1 Å². The highest BCUT2D eigenvalue weighted by atomic mass is 79.9. The van der Waals surface area contributed by atoms with Gasteiger partial charge in [-0.2, -0.15) is 0 Å². The number of carboxylic acid groups (broad SMARTS) is 1. The van der Waals surface area contributed by atoms with E-state index in [9.17, 15) is 9.90 Å². The molecule has 1 saturated heterocycles. The molecular formula is C20H18BrN3O2. The minimum atomic E-state index is -0.854. The lowest BCUT2D eigenvalue weighted by Crippen LogP contribution is -2.30. The zero-order chi connectivity index (χ0) is 17.9. The molecule has 2 fully saturated rings. The van der Waals surface area contributed by atoms with Crippen molar-refractivity contribution < 1.29 is 9.90 Å². The van der Waals surface area contributed by atoms with Crippen LogP contribution in [-0.4, -0.2) is 32.6 Å². The fourth-order valence-electron chi connectivity index (χ4n) is 4.08. The zero-order valence-corrected chi connectivity index (χ0v) is 15.7. The van der Waals surface area contributed by atoms with Crippen molar-refractivity contribution in [1.29, 1.82) is 0 Å². The van der Waals surface area contributed by atoms with E-state index in [4.69, 9.17) is 0 Å². The van der Waals surface area contributed by atoms with Crippen molar-refractivity contribution in [3.05, 3.63) is 52.9 Å². The van der Waals surface area contributed by atoms with Crippen LogP contribution in [0.5, 0.6) is 0 Å². The average Bonchev–Trinajstić information content (AvgIpc) is 3.05. The molecule has 1 aliphatic carbocycles. The van der Waals surface area contributed by atoms with Gasteiger partial charge in [-0.15, -0.1) is 0 Å². The SMILES string of the molecule is O=C(O)N1CC2(CC2)CC1c1ncc(-c2ccc3cc(Br)ccc3c2)[nH]1. The van der Waals surface area contributed by atoms with Crippen LogP contribution in [-0.2, 0) is 0 Å². The Labute approximate surface area is 159 Å². The molecule has 5 rings (SSSR count). The number of carbonyl (C=O) groups is 1. The van der Waals surface area contributed by atoms with Gasteiger partial charge in [0.05, 0.1) is 17.9 Å². The molecule has 2 N–H and O–H groups in total. The summed E-state index contributed by atoms with van der Waals surface area (Å²) in [4.78, 5) is 21.1. The van der Waals surface area contributed by atoms with Crippen molar-refractivity contribution >= 4 is 32.8 Å². The minimum Gasteiger partial charge on any atom is -0.465 e.